The number of ether oxygens (including phenoxy) is 1. The molecule has 0 heterocycles. The van der Waals surface area contributed by atoms with Gasteiger partial charge in [0.25, 0.3) is 0 Å². The Morgan fingerprint density at radius 3 is 2.79 bits per heavy atom. The van der Waals surface area contributed by atoms with Gasteiger partial charge in [-0.15, -0.1) is 0 Å². The van der Waals surface area contributed by atoms with Crippen molar-refractivity contribution in [1.29, 1.82) is 0 Å². The molecule has 100 valence electrons. The minimum Gasteiger partial charge on any atom is -0.493 e. The van der Waals surface area contributed by atoms with Crippen molar-refractivity contribution >= 4 is 17.1 Å². The maximum absolute atomic E-state index is 10.8. The first-order valence-corrected chi connectivity index (χ1v) is 6.96. The van der Waals surface area contributed by atoms with Gasteiger partial charge in [0.2, 0.25) is 0 Å². The summed E-state index contributed by atoms with van der Waals surface area (Å²) in [5.74, 6) is 0.909. The molecule has 2 aromatic carbocycles. The molecular weight excluding hydrogens is 236 g/mol. The number of aldehydes is 1. The summed E-state index contributed by atoms with van der Waals surface area (Å²) in [5, 5.41) is 2.12. The Morgan fingerprint density at radius 2 is 2.00 bits per heavy atom. The van der Waals surface area contributed by atoms with E-state index in [0.29, 0.717) is 5.56 Å². The zero-order valence-electron chi connectivity index (χ0n) is 11.4. The van der Waals surface area contributed by atoms with Crippen LogP contribution in [0.25, 0.3) is 10.8 Å². The molecule has 0 saturated carbocycles. The first-order chi connectivity index (χ1) is 9.35. The summed E-state index contributed by atoms with van der Waals surface area (Å²) in [6.45, 7) is 2.96. The molecule has 0 N–H and O–H groups in total. The Labute approximate surface area is 114 Å². The second-order valence-electron chi connectivity index (χ2n) is 4.76. The monoisotopic (exact) mass is 256 g/mol. The molecule has 0 aliphatic rings. The summed E-state index contributed by atoms with van der Waals surface area (Å²) in [6, 6.07) is 11.7. The number of fused-ring (bicyclic) bond motifs is 1. The van der Waals surface area contributed by atoms with Crippen LogP contribution in [-0.4, -0.2) is 12.9 Å². The zero-order chi connectivity index (χ0) is 13.5. The Balaban J connectivity index is 2.08. The topological polar surface area (TPSA) is 26.3 Å². The van der Waals surface area contributed by atoms with E-state index in [-0.39, 0.29) is 0 Å². The normalized spacial score (nSPS) is 10.6. The highest BCUT2D eigenvalue weighted by molar-refractivity contribution is 5.92. The number of benzene rings is 2. The number of carbonyl (C=O) groups is 1. The number of hydrogen-bond acceptors (Lipinski definition) is 2. The first kappa shape index (κ1) is 13.6. The summed E-state index contributed by atoms with van der Waals surface area (Å²) in [5.41, 5.74) is 0.701. The third-order valence-electron chi connectivity index (χ3n) is 3.26. The minimum absolute atomic E-state index is 0.701. The second-order valence-corrected chi connectivity index (χ2v) is 4.76. The fourth-order valence-electron chi connectivity index (χ4n) is 2.18. The standard InChI is InChI=1S/C17H20O2/c1-2-3-4-5-11-19-17-8-6-7-15-12-14(13-18)9-10-16(15)17/h6-10,12-13H,2-5,11H2,1H3. The van der Waals surface area contributed by atoms with E-state index in [1.165, 1.54) is 19.3 Å². The van der Waals surface area contributed by atoms with E-state index < -0.39 is 0 Å². The van der Waals surface area contributed by atoms with E-state index in [2.05, 4.69) is 6.92 Å². The molecule has 0 fully saturated rings. The number of unbranched alkanes of at least 4 members (excludes halogenated alkanes) is 3. The predicted octanol–water partition coefficient (Wildman–Crippen LogP) is 4.61. The van der Waals surface area contributed by atoms with Crippen LogP contribution in [0.2, 0.25) is 0 Å². The van der Waals surface area contributed by atoms with E-state index in [4.69, 9.17) is 4.74 Å². The van der Waals surface area contributed by atoms with Gasteiger partial charge in [-0.05, 0) is 30.0 Å². The smallest absolute Gasteiger partial charge is 0.150 e. The summed E-state index contributed by atoms with van der Waals surface area (Å²) < 4.78 is 5.85. The quantitative estimate of drug-likeness (QED) is 0.534. The van der Waals surface area contributed by atoms with Crippen molar-refractivity contribution in [2.45, 2.75) is 32.6 Å². The van der Waals surface area contributed by atoms with Crippen LogP contribution in [0.4, 0.5) is 0 Å². The molecule has 0 aromatic heterocycles. The van der Waals surface area contributed by atoms with Crippen molar-refractivity contribution in [3.8, 4) is 5.75 Å². The third kappa shape index (κ3) is 3.57. The Morgan fingerprint density at radius 1 is 1.11 bits per heavy atom. The van der Waals surface area contributed by atoms with Gasteiger partial charge < -0.3 is 4.74 Å². The van der Waals surface area contributed by atoms with Crippen LogP contribution in [-0.2, 0) is 0 Å². The maximum Gasteiger partial charge on any atom is 0.150 e. The molecule has 0 spiro atoms. The van der Waals surface area contributed by atoms with Gasteiger partial charge in [0.05, 0.1) is 6.61 Å². The molecule has 0 aliphatic carbocycles. The lowest BCUT2D eigenvalue weighted by Crippen LogP contribution is -1.97. The molecule has 0 atom stereocenters. The molecule has 19 heavy (non-hydrogen) atoms. The predicted molar refractivity (Wildman–Crippen MR) is 79.0 cm³/mol. The van der Waals surface area contributed by atoms with Gasteiger partial charge >= 0.3 is 0 Å². The van der Waals surface area contributed by atoms with Crippen LogP contribution in [0.3, 0.4) is 0 Å². The van der Waals surface area contributed by atoms with Crippen molar-refractivity contribution in [2.24, 2.45) is 0 Å². The first-order valence-electron chi connectivity index (χ1n) is 6.96. The molecule has 0 amide bonds. The van der Waals surface area contributed by atoms with Gasteiger partial charge in [-0.2, -0.15) is 0 Å². The molecule has 2 aromatic rings. The molecule has 0 unspecified atom stereocenters. The Hall–Kier alpha value is -1.83. The highest BCUT2D eigenvalue weighted by Gasteiger charge is 2.02. The third-order valence-corrected chi connectivity index (χ3v) is 3.26. The Bertz CT molecular complexity index is 546. The van der Waals surface area contributed by atoms with Crippen molar-refractivity contribution in [3.05, 3.63) is 42.0 Å². The van der Waals surface area contributed by atoms with Crippen molar-refractivity contribution < 1.29 is 9.53 Å². The lowest BCUT2D eigenvalue weighted by Gasteiger charge is -2.09. The van der Waals surface area contributed by atoms with Crippen LogP contribution in [0.1, 0.15) is 43.0 Å². The van der Waals surface area contributed by atoms with Crippen LogP contribution in [0, 0.1) is 0 Å². The van der Waals surface area contributed by atoms with Crippen LogP contribution >= 0.6 is 0 Å². The van der Waals surface area contributed by atoms with E-state index in [9.17, 15) is 4.79 Å². The van der Waals surface area contributed by atoms with E-state index in [0.717, 1.165) is 35.8 Å². The fourth-order valence-corrected chi connectivity index (χ4v) is 2.18. The van der Waals surface area contributed by atoms with Gasteiger partial charge in [-0.3, -0.25) is 4.79 Å². The molecule has 2 rings (SSSR count). The SMILES string of the molecule is CCCCCCOc1cccc2cc(C=O)ccc12. The van der Waals surface area contributed by atoms with Crippen molar-refractivity contribution in [3.63, 3.8) is 0 Å². The summed E-state index contributed by atoms with van der Waals surface area (Å²) in [6.07, 6.45) is 5.69. The van der Waals surface area contributed by atoms with Gasteiger partial charge in [-0.1, -0.05) is 44.4 Å². The molecule has 2 nitrogen and oxygen atoms in total. The molecule has 0 saturated heterocycles. The number of hydrogen-bond donors (Lipinski definition) is 0. The number of rotatable bonds is 7. The molecule has 0 radical (unpaired) electrons. The van der Waals surface area contributed by atoms with Crippen LogP contribution < -0.4 is 4.74 Å². The maximum atomic E-state index is 10.8. The lowest BCUT2D eigenvalue weighted by molar-refractivity contribution is 0.112. The summed E-state index contributed by atoms with van der Waals surface area (Å²) in [7, 11) is 0. The van der Waals surface area contributed by atoms with Gasteiger partial charge in [0.15, 0.2) is 0 Å². The molecule has 0 bridgehead atoms. The van der Waals surface area contributed by atoms with Crippen LogP contribution in [0.15, 0.2) is 36.4 Å². The highest BCUT2D eigenvalue weighted by atomic mass is 16.5. The van der Waals surface area contributed by atoms with Gasteiger partial charge in [0, 0.05) is 10.9 Å². The second kappa shape index (κ2) is 6.93. The molecular formula is C17H20O2. The largest absolute Gasteiger partial charge is 0.493 e. The van der Waals surface area contributed by atoms with Crippen LogP contribution in [0.5, 0.6) is 5.75 Å². The Kier molecular flexibility index (Phi) is 4.96. The highest BCUT2D eigenvalue weighted by Crippen LogP contribution is 2.26. The molecule has 0 aliphatic heterocycles. The average Bonchev–Trinajstić information content (AvgIpc) is 2.46. The zero-order valence-corrected chi connectivity index (χ0v) is 11.4. The summed E-state index contributed by atoms with van der Waals surface area (Å²) >= 11 is 0. The molecule has 2 heteroatoms. The van der Waals surface area contributed by atoms with E-state index in [1.54, 1.807) is 0 Å². The number of carbonyl (C=O) groups excluding carboxylic acids is 1. The van der Waals surface area contributed by atoms with Crippen molar-refractivity contribution in [1.82, 2.24) is 0 Å². The summed E-state index contributed by atoms with van der Waals surface area (Å²) in [4.78, 5) is 10.8. The minimum atomic E-state index is 0.701. The average molecular weight is 256 g/mol. The van der Waals surface area contributed by atoms with Gasteiger partial charge in [-0.25, -0.2) is 0 Å². The van der Waals surface area contributed by atoms with E-state index in [1.807, 2.05) is 36.4 Å². The lowest BCUT2D eigenvalue weighted by atomic mass is 10.1. The fraction of sp³-hybridized carbons (Fsp3) is 0.353. The van der Waals surface area contributed by atoms with Gasteiger partial charge in [0.1, 0.15) is 12.0 Å². The van der Waals surface area contributed by atoms with E-state index >= 15 is 0 Å². The van der Waals surface area contributed by atoms with Crippen molar-refractivity contribution in [2.75, 3.05) is 6.61 Å².